The second kappa shape index (κ2) is 10.1. The monoisotopic (exact) mass is 483 g/mol. The standard InChI is InChI=1S/C28H30BNO4Si/c1-19-21(15-20(13-14-35(2,3)4)16-27(19)29(32)33)17-30-28(31)34-18-26-24-11-7-5-9-22(24)23-10-6-8-12-25(23)26/h5-12,15-16,26,32-33H,17-18H2,1-4H3,(H,30,31). The summed E-state index contributed by atoms with van der Waals surface area (Å²) in [6.45, 7) is 8.69. The number of hydrogen-bond acceptors (Lipinski definition) is 4. The van der Waals surface area contributed by atoms with Crippen LogP contribution in [0.2, 0.25) is 19.6 Å². The van der Waals surface area contributed by atoms with E-state index >= 15 is 0 Å². The average Bonchev–Trinajstić information content (AvgIpc) is 3.14. The van der Waals surface area contributed by atoms with E-state index in [1.54, 1.807) is 13.0 Å². The van der Waals surface area contributed by atoms with Gasteiger partial charge in [0.05, 0.1) is 0 Å². The predicted molar refractivity (Wildman–Crippen MR) is 143 cm³/mol. The van der Waals surface area contributed by atoms with Crippen LogP contribution in [0.4, 0.5) is 4.79 Å². The highest BCUT2D eigenvalue weighted by molar-refractivity contribution is 6.83. The largest absolute Gasteiger partial charge is 0.488 e. The van der Waals surface area contributed by atoms with Crippen molar-refractivity contribution in [3.05, 3.63) is 88.5 Å². The Labute approximate surface area is 208 Å². The fraction of sp³-hybridized carbons (Fsp3) is 0.250. The highest BCUT2D eigenvalue weighted by Gasteiger charge is 2.29. The number of rotatable bonds is 5. The van der Waals surface area contributed by atoms with Gasteiger partial charge < -0.3 is 20.1 Å². The topological polar surface area (TPSA) is 78.8 Å². The Hall–Kier alpha value is -3.31. The Morgan fingerprint density at radius 1 is 1.03 bits per heavy atom. The molecule has 178 valence electrons. The molecule has 0 bridgehead atoms. The van der Waals surface area contributed by atoms with E-state index in [9.17, 15) is 14.8 Å². The number of benzene rings is 3. The molecule has 0 saturated heterocycles. The van der Waals surface area contributed by atoms with Crippen molar-refractivity contribution >= 4 is 26.7 Å². The molecule has 0 spiro atoms. The molecule has 0 saturated carbocycles. The third-order valence-electron chi connectivity index (χ3n) is 6.18. The molecule has 0 heterocycles. The summed E-state index contributed by atoms with van der Waals surface area (Å²) in [6.07, 6.45) is -0.518. The van der Waals surface area contributed by atoms with Crippen LogP contribution in [0.3, 0.4) is 0 Å². The minimum Gasteiger partial charge on any atom is -0.449 e. The molecule has 7 heteroatoms. The third-order valence-corrected chi connectivity index (χ3v) is 7.06. The Kier molecular flexibility index (Phi) is 7.18. The van der Waals surface area contributed by atoms with Crippen LogP contribution in [0.15, 0.2) is 60.7 Å². The van der Waals surface area contributed by atoms with E-state index in [2.05, 4.69) is 60.7 Å². The van der Waals surface area contributed by atoms with E-state index in [4.69, 9.17) is 4.74 Å². The summed E-state index contributed by atoms with van der Waals surface area (Å²) < 4.78 is 5.63. The van der Waals surface area contributed by atoms with Crippen molar-refractivity contribution in [3.8, 4) is 22.6 Å². The second-order valence-electron chi connectivity index (χ2n) is 9.90. The maximum absolute atomic E-state index is 12.6. The van der Waals surface area contributed by atoms with Crippen LogP contribution >= 0.6 is 0 Å². The highest BCUT2D eigenvalue weighted by atomic mass is 28.3. The van der Waals surface area contributed by atoms with Crippen molar-refractivity contribution in [1.29, 1.82) is 0 Å². The van der Waals surface area contributed by atoms with Gasteiger partial charge in [0.15, 0.2) is 0 Å². The van der Waals surface area contributed by atoms with E-state index in [1.165, 1.54) is 11.1 Å². The van der Waals surface area contributed by atoms with Crippen LogP contribution in [-0.2, 0) is 11.3 Å². The van der Waals surface area contributed by atoms with Crippen LogP contribution in [0.1, 0.15) is 33.7 Å². The van der Waals surface area contributed by atoms with Crippen LogP contribution in [-0.4, -0.2) is 37.9 Å². The van der Waals surface area contributed by atoms with Gasteiger partial charge in [-0.05, 0) is 57.9 Å². The van der Waals surface area contributed by atoms with Crippen LogP contribution < -0.4 is 10.8 Å². The van der Waals surface area contributed by atoms with Gasteiger partial charge in [-0.15, -0.1) is 5.54 Å². The van der Waals surface area contributed by atoms with Gasteiger partial charge in [-0.3, -0.25) is 0 Å². The van der Waals surface area contributed by atoms with Crippen LogP contribution in [0.5, 0.6) is 0 Å². The molecule has 0 aromatic heterocycles. The SMILES string of the molecule is Cc1c(CNC(=O)OCC2c3ccccc3-c3ccccc32)cc(C#C[Si](C)(C)C)cc1B(O)O. The summed E-state index contributed by atoms with van der Waals surface area (Å²) in [5.74, 6) is 3.15. The van der Waals surface area contributed by atoms with Crippen molar-refractivity contribution in [1.82, 2.24) is 5.32 Å². The number of hydrogen-bond donors (Lipinski definition) is 3. The number of fused-ring (bicyclic) bond motifs is 3. The van der Waals surface area contributed by atoms with E-state index in [-0.39, 0.29) is 19.1 Å². The lowest BCUT2D eigenvalue weighted by Crippen LogP contribution is -2.34. The molecular weight excluding hydrogens is 453 g/mol. The van der Waals surface area contributed by atoms with Gasteiger partial charge >= 0.3 is 13.2 Å². The lowest BCUT2D eigenvalue weighted by molar-refractivity contribution is 0.142. The maximum Gasteiger partial charge on any atom is 0.488 e. The Balaban J connectivity index is 1.46. The number of nitrogens with one attached hydrogen (secondary N) is 1. The summed E-state index contributed by atoms with van der Waals surface area (Å²) in [5, 5.41) is 22.5. The lowest BCUT2D eigenvalue weighted by atomic mass is 9.75. The van der Waals surface area contributed by atoms with Crippen molar-refractivity contribution in [2.45, 2.75) is 39.0 Å². The molecule has 1 aliphatic carbocycles. The van der Waals surface area contributed by atoms with Crippen molar-refractivity contribution in [3.63, 3.8) is 0 Å². The van der Waals surface area contributed by atoms with Gasteiger partial charge in [-0.25, -0.2) is 4.79 Å². The lowest BCUT2D eigenvalue weighted by Gasteiger charge is -2.16. The minimum atomic E-state index is -1.61. The van der Waals surface area contributed by atoms with E-state index < -0.39 is 21.3 Å². The summed E-state index contributed by atoms with van der Waals surface area (Å²) >= 11 is 0. The molecule has 1 aliphatic rings. The van der Waals surface area contributed by atoms with Gasteiger partial charge in [-0.2, -0.15) is 0 Å². The zero-order chi connectivity index (χ0) is 25.2. The molecule has 0 unspecified atom stereocenters. The predicted octanol–water partition coefficient (Wildman–Crippen LogP) is 3.94. The molecule has 3 aromatic carbocycles. The molecule has 4 rings (SSSR count). The van der Waals surface area contributed by atoms with Crippen molar-refractivity contribution in [2.75, 3.05) is 6.61 Å². The van der Waals surface area contributed by atoms with Gasteiger partial charge in [-0.1, -0.05) is 74.1 Å². The van der Waals surface area contributed by atoms with Gasteiger partial charge in [0.25, 0.3) is 0 Å². The second-order valence-corrected chi connectivity index (χ2v) is 14.7. The molecule has 3 N–H and O–H groups in total. The number of ether oxygens (including phenoxy) is 1. The molecule has 0 fully saturated rings. The van der Waals surface area contributed by atoms with Crippen molar-refractivity contribution in [2.24, 2.45) is 0 Å². The Morgan fingerprint density at radius 2 is 1.63 bits per heavy atom. The van der Waals surface area contributed by atoms with Gasteiger partial charge in [0.2, 0.25) is 0 Å². The number of carbonyl (C=O) groups excluding carboxylic acids is 1. The number of amides is 1. The van der Waals surface area contributed by atoms with Gasteiger partial charge in [0.1, 0.15) is 14.7 Å². The van der Waals surface area contributed by atoms with Crippen molar-refractivity contribution < 1.29 is 19.6 Å². The maximum atomic E-state index is 12.6. The molecular formula is C28H30BNO4Si. The smallest absolute Gasteiger partial charge is 0.449 e. The summed E-state index contributed by atoms with van der Waals surface area (Å²) in [5.41, 5.74) is 10.5. The van der Waals surface area contributed by atoms with Crippen LogP contribution in [0.25, 0.3) is 11.1 Å². The number of carbonyl (C=O) groups is 1. The summed E-state index contributed by atoms with van der Waals surface area (Å²) in [6, 6.07) is 20.0. The first-order valence-electron chi connectivity index (χ1n) is 11.8. The molecule has 0 atom stereocenters. The highest BCUT2D eigenvalue weighted by Crippen LogP contribution is 2.44. The molecule has 5 nitrogen and oxygen atoms in total. The zero-order valence-corrected chi connectivity index (χ0v) is 21.6. The van der Waals surface area contributed by atoms with E-state index in [1.807, 2.05) is 30.3 Å². The first kappa shape index (κ1) is 24.8. The molecule has 0 radical (unpaired) electrons. The minimum absolute atomic E-state index is 0.00816. The summed E-state index contributed by atoms with van der Waals surface area (Å²) in [7, 11) is -3.22. The first-order chi connectivity index (χ1) is 16.6. The average molecular weight is 483 g/mol. The Bertz CT molecular complexity index is 1280. The Morgan fingerprint density at radius 3 is 2.20 bits per heavy atom. The van der Waals surface area contributed by atoms with Gasteiger partial charge in [0, 0.05) is 18.0 Å². The zero-order valence-electron chi connectivity index (χ0n) is 20.6. The molecule has 35 heavy (non-hydrogen) atoms. The molecule has 3 aromatic rings. The third kappa shape index (κ3) is 5.68. The summed E-state index contributed by atoms with van der Waals surface area (Å²) in [4.78, 5) is 12.6. The molecule has 1 amide bonds. The normalized spacial score (nSPS) is 12.3. The fourth-order valence-corrected chi connectivity index (χ4v) is 4.92. The first-order valence-corrected chi connectivity index (χ1v) is 15.3. The fourth-order valence-electron chi connectivity index (χ4n) is 4.40. The van der Waals surface area contributed by atoms with E-state index in [0.29, 0.717) is 16.6 Å². The number of alkyl carbamates (subject to hydrolysis) is 1. The van der Waals surface area contributed by atoms with Crippen LogP contribution in [0, 0.1) is 18.4 Å². The van der Waals surface area contributed by atoms with E-state index in [0.717, 1.165) is 16.7 Å². The molecule has 0 aliphatic heterocycles. The quantitative estimate of drug-likeness (QED) is 0.380.